The predicted octanol–water partition coefficient (Wildman–Crippen LogP) is 5.85. The molecule has 0 aliphatic heterocycles. The minimum atomic E-state index is 0.276. The fraction of sp³-hybridized carbons (Fsp3) is 0.450. The summed E-state index contributed by atoms with van der Waals surface area (Å²) in [6.07, 6.45) is 6.34. The van der Waals surface area contributed by atoms with E-state index in [0.717, 1.165) is 16.5 Å². The first kappa shape index (κ1) is 18.2. The van der Waals surface area contributed by atoms with Crippen molar-refractivity contribution in [2.24, 2.45) is 0 Å². The number of nitrogens with zero attached hydrogens (tertiary/aromatic N) is 1. The van der Waals surface area contributed by atoms with Crippen LogP contribution < -0.4 is 10.1 Å². The first-order valence-electron chi connectivity index (χ1n) is 8.96. The Morgan fingerprint density at radius 1 is 1.20 bits per heavy atom. The Hall–Kier alpha value is -1.59. The summed E-state index contributed by atoms with van der Waals surface area (Å²) in [6.45, 7) is 2.26. The molecule has 1 heterocycles. The Morgan fingerprint density at radius 3 is 2.64 bits per heavy atom. The molecule has 1 unspecified atom stereocenters. The third-order valence-corrected chi connectivity index (χ3v) is 6.28. The summed E-state index contributed by atoms with van der Waals surface area (Å²) in [5.74, 6) is 0.817. The van der Waals surface area contributed by atoms with Gasteiger partial charge in [-0.2, -0.15) is 0 Å². The molecular formula is C20H26N2OS2. The van der Waals surface area contributed by atoms with Crippen molar-refractivity contribution >= 4 is 34.4 Å². The van der Waals surface area contributed by atoms with Crippen LogP contribution in [0.2, 0.25) is 0 Å². The molecule has 25 heavy (non-hydrogen) atoms. The fourth-order valence-electron chi connectivity index (χ4n) is 3.61. The number of nitrogens with one attached hydrogen (secondary N) is 1. The van der Waals surface area contributed by atoms with Crippen LogP contribution in [0.15, 0.2) is 41.8 Å². The van der Waals surface area contributed by atoms with Crippen molar-refractivity contribution in [3.05, 3.63) is 46.7 Å². The topological polar surface area (TPSA) is 24.5 Å². The van der Waals surface area contributed by atoms with E-state index < -0.39 is 0 Å². The van der Waals surface area contributed by atoms with Gasteiger partial charge in [0.05, 0.1) is 18.8 Å². The van der Waals surface area contributed by atoms with Gasteiger partial charge in [-0.25, -0.2) is 0 Å². The van der Waals surface area contributed by atoms with E-state index in [4.69, 9.17) is 17.0 Å². The van der Waals surface area contributed by atoms with E-state index in [2.05, 4.69) is 34.7 Å². The third kappa shape index (κ3) is 4.33. The van der Waals surface area contributed by atoms with Crippen molar-refractivity contribution in [1.82, 2.24) is 4.90 Å². The summed E-state index contributed by atoms with van der Waals surface area (Å²) in [7, 11) is 1.69. The van der Waals surface area contributed by atoms with Gasteiger partial charge in [0.25, 0.3) is 0 Å². The molecule has 0 spiro atoms. The van der Waals surface area contributed by atoms with Crippen LogP contribution in [0.3, 0.4) is 0 Å². The van der Waals surface area contributed by atoms with E-state index in [-0.39, 0.29) is 6.04 Å². The second-order valence-electron chi connectivity index (χ2n) is 6.52. The van der Waals surface area contributed by atoms with Crippen LogP contribution in [-0.2, 0) is 0 Å². The lowest BCUT2D eigenvalue weighted by atomic mass is 9.93. The van der Waals surface area contributed by atoms with Crippen LogP contribution in [0, 0.1) is 0 Å². The molecule has 1 saturated carbocycles. The number of anilines is 1. The summed E-state index contributed by atoms with van der Waals surface area (Å²) in [4.78, 5) is 3.77. The molecule has 0 radical (unpaired) electrons. The number of hydrogen-bond acceptors (Lipinski definition) is 3. The average molecular weight is 375 g/mol. The number of benzene rings is 1. The number of thiocarbonyl (C=S) groups is 1. The van der Waals surface area contributed by atoms with E-state index >= 15 is 0 Å². The van der Waals surface area contributed by atoms with Crippen molar-refractivity contribution in [3.8, 4) is 5.75 Å². The lowest BCUT2D eigenvalue weighted by Crippen LogP contribution is -2.45. The van der Waals surface area contributed by atoms with E-state index in [0.29, 0.717) is 6.04 Å². The molecule has 1 aromatic carbocycles. The number of para-hydroxylation sites is 2. The first-order chi connectivity index (χ1) is 12.2. The average Bonchev–Trinajstić information content (AvgIpc) is 3.18. The molecule has 1 aliphatic rings. The molecule has 1 atom stereocenters. The summed E-state index contributed by atoms with van der Waals surface area (Å²) in [5, 5.41) is 6.37. The smallest absolute Gasteiger partial charge is 0.174 e. The van der Waals surface area contributed by atoms with Gasteiger partial charge in [-0.3, -0.25) is 0 Å². The zero-order chi connectivity index (χ0) is 17.6. The normalized spacial score (nSPS) is 16.2. The molecule has 0 saturated heterocycles. The number of rotatable bonds is 5. The molecule has 0 bridgehead atoms. The Labute approximate surface area is 160 Å². The molecule has 2 aromatic rings. The predicted molar refractivity (Wildman–Crippen MR) is 111 cm³/mol. The minimum Gasteiger partial charge on any atom is -0.495 e. The van der Waals surface area contributed by atoms with Crippen LogP contribution in [0.1, 0.15) is 49.9 Å². The summed E-state index contributed by atoms with van der Waals surface area (Å²) in [6, 6.07) is 13.0. The Bertz CT molecular complexity index is 681. The standard InChI is InChI=1S/C20H26N2OS2/c1-15(19-13-8-14-25-19)22(16-9-4-3-5-10-16)20(24)21-17-11-6-7-12-18(17)23-2/h6-8,11-16H,3-5,9-10H2,1-2H3,(H,21,24). The largest absolute Gasteiger partial charge is 0.495 e. The molecule has 3 nitrogen and oxygen atoms in total. The fourth-order valence-corrected chi connectivity index (χ4v) is 4.81. The molecule has 1 fully saturated rings. The van der Waals surface area contributed by atoms with Crippen LogP contribution >= 0.6 is 23.6 Å². The second-order valence-corrected chi connectivity index (χ2v) is 7.89. The van der Waals surface area contributed by atoms with Gasteiger partial charge in [-0.15, -0.1) is 11.3 Å². The van der Waals surface area contributed by atoms with E-state index in [1.807, 2.05) is 24.3 Å². The quantitative estimate of drug-likeness (QED) is 0.664. The highest BCUT2D eigenvalue weighted by Crippen LogP contribution is 2.33. The lowest BCUT2D eigenvalue weighted by molar-refractivity contribution is 0.205. The van der Waals surface area contributed by atoms with Gasteiger partial charge < -0.3 is 15.0 Å². The maximum Gasteiger partial charge on any atom is 0.174 e. The molecule has 3 rings (SSSR count). The van der Waals surface area contributed by atoms with Gasteiger partial charge in [0.2, 0.25) is 0 Å². The SMILES string of the molecule is COc1ccccc1NC(=S)N(C1CCCCC1)C(C)c1cccs1. The molecule has 1 aromatic heterocycles. The van der Waals surface area contributed by atoms with Gasteiger partial charge >= 0.3 is 0 Å². The van der Waals surface area contributed by atoms with Crippen molar-refractivity contribution in [2.75, 3.05) is 12.4 Å². The second kappa shape index (κ2) is 8.68. The highest BCUT2D eigenvalue weighted by Gasteiger charge is 2.29. The lowest BCUT2D eigenvalue weighted by Gasteiger charge is -2.40. The zero-order valence-electron chi connectivity index (χ0n) is 14.9. The van der Waals surface area contributed by atoms with Crippen molar-refractivity contribution in [1.29, 1.82) is 0 Å². The van der Waals surface area contributed by atoms with Gasteiger partial charge in [-0.05, 0) is 55.6 Å². The van der Waals surface area contributed by atoms with E-state index in [1.165, 1.54) is 37.0 Å². The maximum atomic E-state index is 5.86. The molecule has 1 N–H and O–H groups in total. The highest BCUT2D eigenvalue weighted by molar-refractivity contribution is 7.80. The van der Waals surface area contributed by atoms with Crippen molar-refractivity contribution < 1.29 is 4.74 Å². The summed E-state index contributed by atoms with van der Waals surface area (Å²) in [5.41, 5.74) is 0.925. The third-order valence-electron chi connectivity index (χ3n) is 4.92. The van der Waals surface area contributed by atoms with Gasteiger partial charge in [0, 0.05) is 10.9 Å². The van der Waals surface area contributed by atoms with Crippen molar-refractivity contribution in [2.45, 2.75) is 51.1 Å². The Kier molecular flexibility index (Phi) is 6.32. The molecular weight excluding hydrogens is 348 g/mol. The molecule has 134 valence electrons. The first-order valence-corrected chi connectivity index (χ1v) is 10.2. The van der Waals surface area contributed by atoms with Gasteiger partial charge in [0.15, 0.2) is 5.11 Å². The summed E-state index contributed by atoms with van der Waals surface area (Å²) < 4.78 is 5.47. The zero-order valence-corrected chi connectivity index (χ0v) is 16.5. The number of ether oxygens (including phenoxy) is 1. The highest BCUT2D eigenvalue weighted by atomic mass is 32.1. The molecule has 5 heteroatoms. The van der Waals surface area contributed by atoms with Crippen molar-refractivity contribution in [3.63, 3.8) is 0 Å². The molecule has 0 amide bonds. The Morgan fingerprint density at radius 2 is 1.96 bits per heavy atom. The van der Waals surface area contributed by atoms with Gasteiger partial charge in [-0.1, -0.05) is 37.5 Å². The van der Waals surface area contributed by atoms with Crippen LogP contribution in [-0.4, -0.2) is 23.2 Å². The van der Waals surface area contributed by atoms with Crippen LogP contribution in [0.4, 0.5) is 5.69 Å². The van der Waals surface area contributed by atoms with E-state index in [1.54, 1.807) is 18.4 Å². The van der Waals surface area contributed by atoms with Gasteiger partial charge in [0.1, 0.15) is 5.75 Å². The molecule has 1 aliphatic carbocycles. The van der Waals surface area contributed by atoms with Crippen LogP contribution in [0.5, 0.6) is 5.75 Å². The number of thiophene rings is 1. The maximum absolute atomic E-state index is 5.86. The van der Waals surface area contributed by atoms with Crippen LogP contribution in [0.25, 0.3) is 0 Å². The van der Waals surface area contributed by atoms with E-state index in [9.17, 15) is 0 Å². The number of hydrogen-bond donors (Lipinski definition) is 1. The monoisotopic (exact) mass is 374 g/mol. The summed E-state index contributed by atoms with van der Waals surface area (Å²) >= 11 is 7.66. The number of methoxy groups -OCH3 is 1. The minimum absolute atomic E-state index is 0.276. The Balaban J connectivity index is 1.83.